The molecule has 2 aliphatic rings. The van der Waals surface area contributed by atoms with Crippen molar-refractivity contribution in [3.63, 3.8) is 0 Å². The second-order valence-electron chi connectivity index (χ2n) is 9.48. The monoisotopic (exact) mass is 494 g/mol. The van der Waals surface area contributed by atoms with Crippen LogP contribution in [0.3, 0.4) is 0 Å². The molecule has 5 rings (SSSR count). The first-order chi connectivity index (χ1) is 17.1. The van der Waals surface area contributed by atoms with E-state index in [-0.39, 0.29) is 24.3 Å². The Morgan fingerprint density at radius 1 is 1.14 bits per heavy atom. The Labute approximate surface area is 207 Å². The number of halogens is 2. The van der Waals surface area contributed by atoms with Crippen molar-refractivity contribution >= 4 is 28.9 Å². The van der Waals surface area contributed by atoms with E-state index in [0.717, 1.165) is 22.4 Å². The molecule has 1 saturated heterocycles. The minimum absolute atomic E-state index is 0.0995. The SMILES string of the molecule is Cc1cc(C)cc(Nc2ncc3c(n2)CN(C2CN(C(=O)c4ccc(NN)c(N)c4)CC2(F)F)C3)c1. The smallest absolute Gasteiger partial charge is 0.282 e. The van der Waals surface area contributed by atoms with Crippen LogP contribution in [0, 0.1) is 13.8 Å². The number of rotatable bonds is 5. The van der Waals surface area contributed by atoms with Crippen LogP contribution in [-0.2, 0) is 13.1 Å². The van der Waals surface area contributed by atoms with Crippen molar-refractivity contribution in [2.75, 3.05) is 29.6 Å². The number of nitrogen functional groups attached to an aromatic ring is 2. The van der Waals surface area contributed by atoms with Crippen LogP contribution >= 0.6 is 0 Å². The molecule has 2 aliphatic heterocycles. The summed E-state index contributed by atoms with van der Waals surface area (Å²) < 4.78 is 30.2. The van der Waals surface area contributed by atoms with Crippen LogP contribution in [0.15, 0.2) is 42.6 Å². The third-order valence-corrected chi connectivity index (χ3v) is 6.62. The predicted octanol–water partition coefficient (Wildman–Crippen LogP) is 3.18. The van der Waals surface area contributed by atoms with Gasteiger partial charge in [-0.1, -0.05) is 6.07 Å². The number of aromatic nitrogens is 2. The van der Waals surface area contributed by atoms with E-state index in [1.165, 1.54) is 17.0 Å². The lowest BCUT2D eigenvalue weighted by Crippen LogP contribution is -2.44. The van der Waals surface area contributed by atoms with Crippen molar-refractivity contribution in [3.05, 3.63) is 70.5 Å². The van der Waals surface area contributed by atoms with Gasteiger partial charge in [-0.3, -0.25) is 15.5 Å². The van der Waals surface area contributed by atoms with Crippen LogP contribution in [0.1, 0.15) is 32.7 Å². The number of hydrazine groups is 1. The Morgan fingerprint density at radius 2 is 1.89 bits per heavy atom. The molecular formula is C25H28F2N8O. The molecule has 11 heteroatoms. The summed E-state index contributed by atoms with van der Waals surface area (Å²) in [6, 6.07) is 9.44. The van der Waals surface area contributed by atoms with Gasteiger partial charge in [-0.2, -0.15) is 0 Å². The largest absolute Gasteiger partial charge is 0.397 e. The molecule has 0 radical (unpaired) electrons. The number of fused-ring (bicyclic) bond motifs is 1. The van der Waals surface area contributed by atoms with Gasteiger partial charge in [-0.15, -0.1) is 0 Å². The standard InChI is InChI=1S/C25H28F2N8O/c1-14-5-15(2)7-18(6-14)31-24-30-9-17-10-34(11-21(17)32-24)22-12-35(13-25(22,26)27)23(36)16-3-4-20(33-29)19(28)8-16/h3-9,22,33H,10-13,28-29H2,1-2H3,(H,30,31,32). The van der Waals surface area contributed by atoms with Crippen molar-refractivity contribution < 1.29 is 13.6 Å². The molecule has 1 fully saturated rings. The van der Waals surface area contributed by atoms with Crippen LogP contribution in [0.25, 0.3) is 0 Å². The fourth-order valence-corrected chi connectivity index (χ4v) is 4.95. The first-order valence-electron chi connectivity index (χ1n) is 11.6. The van der Waals surface area contributed by atoms with Crippen molar-refractivity contribution in [2.24, 2.45) is 5.84 Å². The number of anilines is 4. The van der Waals surface area contributed by atoms with Gasteiger partial charge in [0.25, 0.3) is 11.8 Å². The van der Waals surface area contributed by atoms with Crippen molar-refractivity contribution in [1.29, 1.82) is 0 Å². The molecule has 2 aromatic carbocycles. The van der Waals surface area contributed by atoms with E-state index in [2.05, 4.69) is 26.8 Å². The molecule has 0 spiro atoms. The summed E-state index contributed by atoms with van der Waals surface area (Å²) in [7, 11) is 0. The average Bonchev–Trinajstić information content (AvgIpc) is 3.37. The van der Waals surface area contributed by atoms with Gasteiger partial charge >= 0.3 is 0 Å². The maximum absolute atomic E-state index is 15.1. The number of alkyl halides is 2. The lowest BCUT2D eigenvalue weighted by Gasteiger charge is -2.27. The number of likely N-dealkylation sites (tertiary alicyclic amines) is 1. The summed E-state index contributed by atoms with van der Waals surface area (Å²) in [4.78, 5) is 24.8. The third kappa shape index (κ3) is 4.54. The highest BCUT2D eigenvalue weighted by Gasteiger charge is 2.53. The fourth-order valence-electron chi connectivity index (χ4n) is 4.95. The van der Waals surface area contributed by atoms with E-state index in [0.29, 0.717) is 23.9 Å². The topological polar surface area (TPSA) is 125 Å². The highest BCUT2D eigenvalue weighted by Crippen LogP contribution is 2.37. The minimum Gasteiger partial charge on any atom is -0.397 e. The molecule has 0 aliphatic carbocycles. The lowest BCUT2D eigenvalue weighted by molar-refractivity contribution is -0.0520. The fraction of sp³-hybridized carbons (Fsp3) is 0.320. The number of carbonyl (C=O) groups excluding carboxylic acids is 1. The summed E-state index contributed by atoms with van der Waals surface area (Å²) in [6.07, 6.45) is 1.68. The summed E-state index contributed by atoms with van der Waals surface area (Å²) in [5, 5.41) is 3.20. The Hall–Kier alpha value is -3.83. The zero-order valence-electron chi connectivity index (χ0n) is 20.1. The van der Waals surface area contributed by atoms with Gasteiger partial charge in [0, 0.05) is 42.6 Å². The van der Waals surface area contributed by atoms with E-state index in [1.807, 2.05) is 26.0 Å². The van der Waals surface area contributed by atoms with E-state index in [4.69, 9.17) is 11.6 Å². The molecule has 1 atom stereocenters. The zero-order valence-corrected chi connectivity index (χ0v) is 20.1. The maximum atomic E-state index is 15.1. The number of nitrogens with two attached hydrogens (primary N) is 2. The first kappa shape index (κ1) is 23.9. The van der Waals surface area contributed by atoms with Gasteiger partial charge in [-0.25, -0.2) is 18.7 Å². The average molecular weight is 495 g/mol. The predicted molar refractivity (Wildman–Crippen MR) is 134 cm³/mol. The molecule has 1 amide bonds. The van der Waals surface area contributed by atoms with Crippen LogP contribution in [0.2, 0.25) is 0 Å². The Bertz CT molecular complexity index is 1310. The molecule has 188 valence electrons. The van der Waals surface area contributed by atoms with E-state index < -0.39 is 24.4 Å². The highest BCUT2D eigenvalue weighted by atomic mass is 19.3. The van der Waals surface area contributed by atoms with Gasteiger partial charge in [0.15, 0.2) is 0 Å². The normalized spacial score (nSPS) is 18.8. The molecule has 3 heterocycles. The van der Waals surface area contributed by atoms with Crippen molar-refractivity contribution in [1.82, 2.24) is 19.8 Å². The number of benzene rings is 2. The highest BCUT2D eigenvalue weighted by molar-refractivity contribution is 5.96. The quantitative estimate of drug-likeness (QED) is 0.242. The van der Waals surface area contributed by atoms with Crippen molar-refractivity contribution in [2.45, 2.75) is 38.9 Å². The zero-order chi connectivity index (χ0) is 25.6. The number of amides is 1. The molecule has 1 unspecified atom stereocenters. The number of aryl methyl sites for hydroxylation is 2. The Balaban J connectivity index is 1.29. The van der Waals surface area contributed by atoms with E-state index in [9.17, 15) is 4.79 Å². The second-order valence-corrected chi connectivity index (χ2v) is 9.48. The Kier molecular flexibility index (Phi) is 5.97. The summed E-state index contributed by atoms with van der Waals surface area (Å²) in [5.41, 5.74) is 13.9. The van der Waals surface area contributed by atoms with Crippen LogP contribution in [-0.4, -0.2) is 50.7 Å². The summed E-state index contributed by atoms with van der Waals surface area (Å²) in [6.45, 7) is 3.81. The molecule has 6 N–H and O–H groups in total. The van der Waals surface area contributed by atoms with E-state index >= 15 is 8.78 Å². The van der Waals surface area contributed by atoms with Crippen molar-refractivity contribution in [3.8, 4) is 0 Å². The molecule has 3 aromatic rings. The number of carbonyl (C=O) groups is 1. The number of hydrogen-bond donors (Lipinski definition) is 4. The molecule has 0 saturated carbocycles. The van der Waals surface area contributed by atoms with Gasteiger partial charge < -0.3 is 21.4 Å². The van der Waals surface area contributed by atoms with Crippen LogP contribution in [0.4, 0.5) is 31.8 Å². The number of nitrogens with one attached hydrogen (secondary N) is 2. The summed E-state index contributed by atoms with van der Waals surface area (Å²) in [5.74, 6) is 2.22. The molecule has 0 bridgehead atoms. The van der Waals surface area contributed by atoms with Gasteiger partial charge in [0.1, 0.15) is 0 Å². The van der Waals surface area contributed by atoms with Crippen LogP contribution in [0.5, 0.6) is 0 Å². The Morgan fingerprint density at radius 3 is 2.58 bits per heavy atom. The van der Waals surface area contributed by atoms with E-state index in [1.54, 1.807) is 17.2 Å². The summed E-state index contributed by atoms with van der Waals surface area (Å²) >= 11 is 0. The third-order valence-electron chi connectivity index (χ3n) is 6.62. The molecule has 36 heavy (non-hydrogen) atoms. The number of nitrogens with zero attached hydrogens (tertiary/aromatic N) is 4. The molecule has 1 aromatic heterocycles. The second kappa shape index (κ2) is 8.99. The maximum Gasteiger partial charge on any atom is 0.282 e. The number of hydrogen-bond acceptors (Lipinski definition) is 8. The first-order valence-corrected chi connectivity index (χ1v) is 11.6. The van der Waals surface area contributed by atoms with Gasteiger partial charge in [0.05, 0.1) is 29.7 Å². The minimum atomic E-state index is -3.07. The van der Waals surface area contributed by atoms with Gasteiger partial charge in [0.2, 0.25) is 5.95 Å². The lowest BCUT2D eigenvalue weighted by atomic mass is 10.1. The molecule has 9 nitrogen and oxygen atoms in total. The molecular weight excluding hydrogens is 466 g/mol. The van der Waals surface area contributed by atoms with Crippen LogP contribution < -0.4 is 22.3 Å². The van der Waals surface area contributed by atoms with Gasteiger partial charge in [-0.05, 0) is 55.3 Å².